The maximum atomic E-state index is 11.4. The molecule has 0 saturated carbocycles. The monoisotopic (exact) mass is 260 g/mol. The summed E-state index contributed by atoms with van der Waals surface area (Å²) in [6.45, 7) is 4.25. The summed E-state index contributed by atoms with van der Waals surface area (Å²) in [5.74, 6) is 0.596. The van der Waals surface area contributed by atoms with Crippen molar-refractivity contribution in [2.24, 2.45) is 0 Å². The van der Waals surface area contributed by atoms with Gasteiger partial charge in [0.25, 0.3) is 0 Å². The predicted octanol–water partition coefficient (Wildman–Crippen LogP) is 2.52. The van der Waals surface area contributed by atoms with Gasteiger partial charge in [0, 0.05) is 6.26 Å². The first-order valence-corrected chi connectivity index (χ1v) is 7.22. The van der Waals surface area contributed by atoms with Crippen molar-refractivity contribution in [3.63, 3.8) is 0 Å². The van der Waals surface area contributed by atoms with E-state index in [1.807, 2.05) is 0 Å². The SMILES string of the molecule is CCC.COc1cccc(OC)c1S(C)(=O)=O. The van der Waals surface area contributed by atoms with Crippen LogP contribution in [-0.2, 0) is 9.84 Å². The summed E-state index contributed by atoms with van der Waals surface area (Å²) < 4.78 is 32.8. The largest absolute Gasteiger partial charge is 0.495 e. The molecule has 5 heteroatoms. The molecule has 0 bridgehead atoms. The molecule has 0 amide bonds. The van der Waals surface area contributed by atoms with Gasteiger partial charge in [0.05, 0.1) is 14.2 Å². The van der Waals surface area contributed by atoms with Crippen LogP contribution >= 0.6 is 0 Å². The number of rotatable bonds is 3. The van der Waals surface area contributed by atoms with Gasteiger partial charge in [0.15, 0.2) is 14.7 Å². The van der Waals surface area contributed by atoms with Gasteiger partial charge in [-0.15, -0.1) is 0 Å². The highest BCUT2D eigenvalue weighted by atomic mass is 32.2. The number of ether oxygens (including phenoxy) is 2. The minimum Gasteiger partial charge on any atom is -0.495 e. The van der Waals surface area contributed by atoms with E-state index in [4.69, 9.17) is 9.47 Å². The summed E-state index contributed by atoms with van der Waals surface area (Å²) in [4.78, 5) is 0.0880. The van der Waals surface area contributed by atoms with Crippen LogP contribution < -0.4 is 9.47 Å². The van der Waals surface area contributed by atoms with Crippen molar-refractivity contribution in [3.05, 3.63) is 18.2 Å². The molecule has 1 aromatic carbocycles. The van der Waals surface area contributed by atoms with Crippen molar-refractivity contribution in [2.75, 3.05) is 20.5 Å². The Balaban J connectivity index is 0.000000770. The molecule has 0 fully saturated rings. The highest BCUT2D eigenvalue weighted by Crippen LogP contribution is 2.32. The van der Waals surface area contributed by atoms with Crippen molar-refractivity contribution in [2.45, 2.75) is 25.2 Å². The molecule has 17 heavy (non-hydrogen) atoms. The van der Waals surface area contributed by atoms with E-state index in [9.17, 15) is 8.42 Å². The lowest BCUT2D eigenvalue weighted by Crippen LogP contribution is -2.03. The van der Waals surface area contributed by atoms with Crippen molar-refractivity contribution >= 4 is 9.84 Å². The van der Waals surface area contributed by atoms with Crippen LogP contribution in [0.1, 0.15) is 20.3 Å². The summed E-state index contributed by atoms with van der Waals surface area (Å²) in [7, 11) is -0.498. The van der Waals surface area contributed by atoms with Crippen molar-refractivity contribution in [3.8, 4) is 11.5 Å². The lowest BCUT2D eigenvalue weighted by atomic mass is 10.3. The Hall–Kier alpha value is -1.23. The van der Waals surface area contributed by atoms with Crippen LogP contribution in [0.4, 0.5) is 0 Å². The van der Waals surface area contributed by atoms with E-state index in [1.165, 1.54) is 20.6 Å². The van der Waals surface area contributed by atoms with E-state index in [0.717, 1.165) is 6.26 Å². The lowest BCUT2D eigenvalue weighted by Gasteiger charge is -2.10. The normalized spacial score (nSPS) is 10.2. The molecule has 0 N–H and O–H groups in total. The first-order chi connectivity index (χ1) is 7.92. The fourth-order valence-electron chi connectivity index (χ4n) is 1.18. The molecule has 0 heterocycles. The van der Waals surface area contributed by atoms with Crippen molar-refractivity contribution in [1.82, 2.24) is 0 Å². The number of hydrogen-bond donors (Lipinski definition) is 0. The topological polar surface area (TPSA) is 52.6 Å². The third kappa shape index (κ3) is 4.65. The second-order valence-electron chi connectivity index (χ2n) is 3.47. The Morgan fingerprint density at radius 1 is 1.06 bits per heavy atom. The van der Waals surface area contributed by atoms with Crippen LogP contribution in [0.3, 0.4) is 0 Å². The molecular formula is C12H20O4S. The Morgan fingerprint density at radius 2 is 1.41 bits per heavy atom. The first-order valence-electron chi connectivity index (χ1n) is 5.33. The Morgan fingerprint density at radius 3 is 1.65 bits per heavy atom. The fourth-order valence-corrected chi connectivity index (χ4v) is 2.22. The standard InChI is InChI=1S/C9H12O4S.C3H8/c1-12-7-5-4-6-8(13-2)9(7)14(3,10)11;1-3-2/h4-6H,1-3H3;3H2,1-2H3. The second-order valence-corrected chi connectivity index (χ2v) is 5.42. The molecule has 0 aliphatic rings. The fraction of sp³-hybridized carbons (Fsp3) is 0.500. The molecule has 0 aliphatic carbocycles. The highest BCUT2D eigenvalue weighted by molar-refractivity contribution is 7.91. The van der Waals surface area contributed by atoms with Crippen LogP contribution in [0.15, 0.2) is 23.1 Å². The van der Waals surface area contributed by atoms with E-state index < -0.39 is 9.84 Å². The molecule has 0 spiro atoms. The smallest absolute Gasteiger partial charge is 0.182 e. The lowest BCUT2D eigenvalue weighted by molar-refractivity contribution is 0.373. The molecule has 0 atom stereocenters. The van der Waals surface area contributed by atoms with Gasteiger partial charge in [-0.25, -0.2) is 8.42 Å². The zero-order chi connectivity index (χ0) is 13.5. The molecule has 0 radical (unpaired) electrons. The molecule has 0 aliphatic heterocycles. The molecule has 4 nitrogen and oxygen atoms in total. The van der Waals surface area contributed by atoms with E-state index in [2.05, 4.69) is 13.8 Å². The van der Waals surface area contributed by atoms with E-state index in [0.29, 0.717) is 11.5 Å². The van der Waals surface area contributed by atoms with Gasteiger partial charge < -0.3 is 9.47 Å². The molecule has 0 saturated heterocycles. The Bertz CT molecular complexity index is 416. The number of benzene rings is 1. The van der Waals surface area contributed by atoms with Crippen LogP contribution in [0.25, 0.3) is 0 Å². The average molecular weight is 260 g/mol. The van der Waals surface area contributed by atoms with Gasteiger partial charge in [-0.2, -0.15) is 0 Å². The maximum absolute atomic E-state index is 11.4. The Kier molecular flexibility index (Phi) is 6.65. The summed E-state index contributed by atoms with van der Waals surface area (Å²) in [5, 5.41) is 0. The van der Waals surface area contributed by atoms with Crippen LogP contribution in [0, 0.1) is 0 Å². The number of methoxy groups -OCH3 is 2. The average Bonchev–Trinajstić information content (AvgIpc) is 2.27. The highest BCUT2D eigenvalue weighted by Gasteiger charge is 2.19. The van der Waals surface area contributed by atoms with Gasteiger partial charge in [-0.05, 0) is 12.1 Å². The molecular weight excluding hydrogens is 240 g/mol. The van der Waals surface area contributed by atoms with Crippen LogP contribution in [0.5, 0.6) is 11.5 Å². The van der Waals surface area contributed by atoms with Crippen LogP contribution in [0.2, 0.25) is 0 Å². The summed E-state index contributed by atoms with van der Waals surface area (Å²) in [6, 6.07) is 4.84. The second kappa shape index (κ2) is 7.17. The summed E-state index contributed by atoms with van der Waals surface area (Å²) in [6.07, 6.45) is 2.37. The number of hydrogen-bond acceptors (Lipinski definition) is 4. The third-order valence-electron chi connectivity index (χ3n) is 1.75. The Labute approximate surface area is 103 Å². The van der Waals surface area contributed by atoms with E-state index >= 15 is 0 Å². The third-order valence-corrected chi connectivity index (χ3v) is 2.90. The molecule has 0 unspecified atom stereocenters. The van der Waals surface area contributed by atoms with E-state index in [1.54, 1.807) is 18.2 Å². The molecule has 98 valence electrons. The molecule has 1 rings (SSSR count). The molecule has 0 aromatic heterocycles. The van der Waals surface area contributed by atoms with Gasteiger partial charge in [0.2, 0.25) is 0 Å². The maximum Gasteiger partial charge on any atom is 0.182 e. The molecule has 1 aromatic rings. The van der Waals surface area contributed by atoms with Gasteiger partial charge >= 0.3 is 0 Å². The zero-order valence-corrected chi connectivity index (χ0v) is 11.8. The van der Waals surface area contributed by atoms with E-state index in [-0.39, 0.29) is 4.90 Å². The summed E-state index contributed by atoms with van der Waals surface area (Å²) >= 11 is 0. The zero-order valence-electron chi connectivity index (χ0n) is 11.0. The minimum absolute atomic E-state index is 0.0880. The quantitative estimate of drug-likeness (QED) is 0.838. The van der Waals surface area contributed by atoms with Gasteiger partial charge in [-0.1, -0.05) is 26.3 Å². The van der Waals surface area contributed by atoms with Crippen molar-refractivity contribution in [1.29, 1.82) is 0 Å². The minimum atomic E-state index is -3.34. The van der Waals surface area contributed by atoms with Gasteiger partial charge in [-0.3, -0.25) is 0 Å². The number of sulfone groups is 1. The van der Waals surface area contributed by atoms with Crippen molar-refractivity contribution < 1.29 is 17.9 Å². The predicted molar refractivity (Wildman–Crippen MR) is 68.6 cm³/mol. The summed E-state index contributed by atoms with van der Waals surface area (Å²) in [5.41, 5.74) is 0. The van der Waals surface area contributed by atoms with Gasteiger partial charge in [0.1, 0.15) is 11.5 Å². The van der Waals surface area contributed by atoms with Crippen LogP contribution in [-0.4, -0.2) is 28.9 Å². The first kappa shape index (κ1) is 15.8.